The first-order valence-corrected chi connectivity index (χ1v) is 5.91. The predicted molar refractivity (Wildman–Crippen MR) is 63.9 cm³/mol. The van der Waals surface area contributed by atoms with Crippen molar-refractivity contribution >= 4 is 12.0 Å². The van der Waals surface area contributed by atoms with Gasteiger partial charge in [0.15, 0.2) is 0 Å². The molecule has 0 radical (unpaired) electrons. The van der Waals surface area contributed by atoms with Gasteiger partial charge in [0.05, 0.1) is 5.92 Å². The molecule has 2 amide bonds. The smallest absolute Gasteiger partial charge is 0.317 e. The van der Waals surface area contributed by atoms with Gasteiger partial charge in [-0.05, 0) is 26.9 Å². The maximum atomic E-state index is 11.8. The third-order valence-corrected chi connectivity index (χ3v) is 2.89. The second-order valence-corrected chi connectivity index (χ2v) is 4.66. The van der Waals surface area contributed by atoms with Crippen LogP contribution in [-0.2, 0) is 4.79 Å². The lowest BCUT2D eigenvalue weighted by atomic mass is 9.99. The summed E-state index contributed by atoms with van der Waals surface area (Å²) in [7, 11) is 3.88. The van der Waals surface area contributed by atoms with Crippen molar-refractivity contribution in [1.82, 2.24) is 15.1 Å². The van der Waals surface area contributed by atoms with Crippen LogP contribution in [-0.4, -0.2) is 67.2 Å². The van der Waals surface area contributed by atoms with Crippen LogP contribution in [0.25, 0.3) is 0 Å². The molecule has 0 aliphatic carbocycles. The summed E-state index contributed by atoms with van der Waals surface area (Å²) in [6.07, 6.45) is 1.43. The van der Waals surface area contributed by atoms with Crippen molar-refractivity contribution in [1.29, 1.82) is 0 Å². The molecule has 1 fully saturated rings. The molecule has 98 valence electrons. The molecule has 0 bridgehead atoms. The van der Waals surface area contributed by atoms with Crippen LogP contribution < -0.4 is 5.32 Å². The van der Waals surface area contributed by atoms with E-state index in [2.05, 4.69) is 5.32 Å². The second kappa shape index (κ2) is 6.44. The highest BCUT2D eigenvalue weighted by atomic mass is 16.4. The van der Waals surface area contributed by atoms with Gasteiger partial charge in [-0.2, -0.15) is 0 Å². The Morgan fingerprint density at radius 1 is 1.47 bits per heavy atom. The number of nitrogens with zero attached hydrogens (tertiary/aromatic N) is 2. The summed E-state index contributed by atoms with van der Waals surface area (Å²) < 4.78 is 0. The molecule has 0 spiro atoms. The normalized spacial score (nSPS) is 20.4. The monoisotopic (exact) mass is 243 g/mol. The largest absolute Gasteiger partial charge is 0.481 e. The van der Waals surface area contributed by atoms with Crippen LogP contribution in [0.4, 0.5) is 4.79 Å². The van der Waals surface area contributed by atoms with E-state index in [9.17, 15) is 9.59 Å². The summed E-state index contributed by atoms with van der Waals surface area (Å²) in [4.78, 5) is 26.2. The number of aliphatic carboxylic acids is 1. The lowest BCUT2D eigenvalue weighted by Crippen LogP contribution is -2.48. The van der Waals surface area contributed by atoms with Crippen molar-refractivity contribution in [2.75, 3.05) is 40.3 Å². The molecule has 0 saturated carbocycles. The van der Waals surface area contributed by atoms with Gasteiger partial charge in [0, 0.05) is 26.2 Å². The van der Waals surface area contributed by atoms with Crippen molar-refractivity contribution in [3.63, 3.8) is 0 Å². The summed E-state index contributed by atoms with van der Waals surface area (Å²) in [5, 5.41) is 11.7. The van der Waals surface area contributed by atoms with Gasteiger partial charge in [-0.15, -0.1) is 0 Å². The Hall–Kier alpha value is -1.30. The summed E-state index contributed by atoms with van der Waals surface area (Å²) in [6, 6.07) is -0.155. The number of nitrogens with one attached hydrogen (secondary N) is 1. The van der Waals surface area contributed by atoms with Crippen LogP contribution in [0.1, 0.15) is 12.8 Å². The molecule has 1 heterocycles. The van der Waals surface area contributed by atoms with E-state index in [4.69, 9.17) is 5.11 Å². The third-order valence-electron chi connectivity index (χ3n) is 2.89. The second-order valence-electron chi connectivity index (χ2n) is 4.66. The lowest BCUT2D eigenvalue weighted by molar-refractivity contribution is -0.143. The maximum Gasteiger partial charge on any atom is 0.317 e. The molecule has 0 aromatic carbocycles. The number of carboxylic acids is 1. The van der Waals surface area contributed by atoms with Gasteiger partial charge < -0.3 is 20.2 Å². The minimum absolute atomic E-state index is 0.155. The van der Waals surface area contributed by atoms with Crippen LogP contribution in [0.5, 0.6) is 0 Å². The van der Waals surface area contributed by atoms with E-state index in [-0.39, 0.29) is 6.03 Å². The highest BCUT2D eigenvalue weighted by Crippen LogP contribution is 2.16. The molecule has 6 heteroatoms. The average Bonchev–Trinajstić information content (AvgIpc) is 2.28. The summed E-state index contributed by atoms with van der Waals surface area (Å²) >= 11 is 0. The van der Waals surface area contributed by atoms with Crippen molar-refractivity contribution in [3.8, 4) is 0 Å². The van der Waals surface area contributed by atoms with E-state index in [0.29, 0.717) is 26.1 Å². The molecular weight excluding hydrogens is 222 g/mol. The molecule has 0 aromatic heterocycles. The molecule has 2 N–H and O–H groups in total. The van der Waals surface area contributed by atoms with Gasteiger partial charge in [0.2, 0.25) is 0 Å². The van der Waals surface area contributed by atoms with Crippen LogP contribution in [0.2, 0.25) is 0 Å². The lowest BCUT2D eigenvalue weighted by Gasteiger charge is -2.30. The standard InChI is InChI=1S/C11H21N3O3/c1-13(2)7-5-12-11(17)14-6-3-4-9(8-14)10(15)16/h9H,3-8H2,1-2H3,(H,12,17)(H,15,16)/t9-/m0/s1. The van der Waals surface area contributed by atoms with Crippen molar-refractivity contribution in [2.24, 2.45) is 5.92 Å². The van der Waals surface area contributed by atoms with Gasteiger partial charge in [-0.3, -0.25) is 4.79 Å². The fraction of sp³-hybridized carbons (Fsp3) is 0.818. The zero-order valence-corrected chi connectivity index (χ0v) is 10.5. The Bertz CT molecular complexity index is 281. The number of hydrogen-bond donors (Lipinski definition) is 2. The molecule has 17 heavy (non-hydrogen) atoms. The van der Waals surface area contributed by atoms with Crippen LogP contribution in [0.3, 0.4) is 0 Å². The first-order chi connectivity index (χ1) is 8.00. The fourth-order valence-corrected chi connectivity index (χ4v) is 1.86. The third kappa shape index (κ3) is 4.60. The van der Waals surface area contributed by atoms with E-state index >= 15 is 0 Å². The fourth-order valence-electron chi connectivity index (χ4n) is 1.86. The number of carbonyl (C=O) groups excluding carboxylic acids is 1. The number of hydrogen-bond acceptors (Lipinski definition) is 3. The van der Waals surface area contributed by atoms with Gasteiger partial charge in [0.25, 0.3) is 0 Å². The summed E-state index contributed by atoms with van der Waals surface area (Å²) in [6.45, 7) is 2.34. The topological polar surface area (TPSA) is 72.9 Å². The minimum Gasteiger partial charge on any atom is -0.481 e. The number of carbonyl (C=O) groups is 2. The number of rotatable bonds is 4. The van der Waals surface area contributed by atoms with Gasteiger partial charge >= 0.3 is 12.0 Å². The molecule has 0 aromatic rings. The Morgan fingerprint density at radius 3 is 2.76 bits per heavy atom. The quantitative estimate of drug-likeness (QED) is 0.732. The van der Waals surface area contributed by atoms with Crippen LogP contribution in [0, 0.1) is 5.92 Å². The van der Waals surface area contributed by atoms with E-state index in [0.717, 1.165) is 13.0 Å². The van der Waals surface area contributed by atoms with Crippen molar-refractivity contribution in [3.05, 3.63) is 0 Å². The molecular formula is C11H21N3O3. The Morgan fingerprint density at radius 2 is 2.18 bits per heavy atom. The molecule has 1 atom stereocenters. The van der Waals surface area contributed by atoms with E-state index < -0.39 is 11.9 Å². The predicted octanol–water partition coefficient (Wildman–Crippen LogP) is 0.0542. The average molecular weight is 243 g/mol. The Labute approximate surface area is 102 Å². The van der Waals surface area contributed by atoms with Crippen molar-refractivity contribution < 1.29 is 14.7 Å². The SMILES string of the molecule is CN(C)CCNC(=O)N1CCC[C@H](C(=O)O)C1. The molecule has 1 aliphatic rings. The van der Waals surface area contributed by atoms with Gasteiger partial charge in [-0.1, -0.05) is 0 Å². The highest BCUT2D eigenvalue weighted by Gasteiger charge is 2.27. The highest BCUT2D eigenvalue weighted by molar-refractivity contribution is 5.76. The van der Waals surface area contributed by atoms with Crippen molar-refractivity contribution in [2.45, 2.75) is 12.8 Å². The number of urea groups is 1. The van der Waals surface area contributed by atoms with Crippen LogP contribution >= 0.6 is 0 Å². The summed E-state index contributed by atoms with van der Waals surface area (Å²) in [5.74, 6) is -1.22. The summed E-state index contributed by atoms with van der Waals surface area (Å²) in [5.41, 5.74) is 0. The van der Waals surface area contributed by atoms with Gasteiger partial charge in [0.1, 0.15) is 0 Å². The minimum atomic E-state index is -0.809. The number of carboxylic acid groups (broad SMARTS) is 1. The van der Waals surface area contributed by atoms with E-state index in [1.165, 1.54) is 0 Å². The maximum absolute atomic E-state index is 11.8. The number of piperidine rings is 1. The number of amides is 2. The molecule has 1 aliphatic heterocycles. The van der Waals surface area contributed by atoms with E-state index in [1.807, 2.05) is 19.0 Å². The first-order valence-electron chi connectivity index (χ1n) is 5.91. The zero-order valence-electron chi connectivity index (χ0n) is 10.5. The molecule has 6 nitrogen and oxygen atoms in total. The first kappa shape index (κ1) is 13.8. The Balaban J connectivity index is 2.33. The molecule has 0 unspecified atom stereocenters. The Kier molecular flexibility index (Phi) is 5.21. The molecule has 1 saturated heterocycles. The van der Waals surface area contributed by atoms with E-state index in [1.54, 1.807) is 4.90 Å². The number of likely N-dealkylation sites (tertiary alicyclic amines) is 1. The number of likely N-dealkylation sites (N-methyl/N-ethyl adjacent to an activating group) is 1. The van der Waals surface area contributed by atoms with Crippen LogP contribution in [0.15, 0.2) is 0 Å². The molecule has 1 rings (SSSR count). The van der Waals surface area contributed by atoms with Gasteiger partial charge in [-0.25, -0.2) is 4.79 Å². The zero-order chi connectivity index (χ0) is 12.8.